The number of ether oxygens (including phenoxy) is 1. The van der Waals surface area contributed by atoms with E-state index in [-0.39, 0.29) is 11.8 Å². The van der Waals surface area contributed by atoms with Crippen molar-refractivity contribution in [3.05, 3.63) is 71.9 Å². The molecule has 2 heterocycles. The molecule has 1 aliphatic heterocycles. The van der Waals surface area contributed by atoms with Crippen molar-refractivity contribution in [3.8, 4) is 5.75 Å². The van der Waals surface area contributed by atoms with Gasteiger partial charge in [0.25, 0.3) is 5.91 Å². The highest BCUT2D eigenvalue weighted by molar-refractivity contribution is 5.97. The number of hydrogen-bond donors (Lipinski definition) is 1. The monoisotopic (exact) mass is 404 g/mol. The van der Waals surface area contributed by atoms with Gasteiger partial charge < -0.3 is 14.7 Å². The van der Waals surface area contributed by atoms with Crippen LogP contribution in [0.15, 0.2) is 60.8 Å². The van der Waals surface area contributed by atoms with Gasteiger partial charge in [-0.1, -0.05) is 43.7 Å². The number of β-amino-alcohol motifs (C(OH)–C–C–N with tert-alkyl or cyclic N) is 1. The second kappa shape index (κ2) is 9.26. The molecular formula is C25H28N2O3. The highest BCUT2D eigenvalue weighted by Gasteiger charge is 2.35. The molecule has 5 nitrogen and oxygen atoms in total. The molecule has 156 valence electrons. The number of fused-ring (bicyclic) bond motifs is 1. The number of amides is 1. The molecule has 1 N–H and O–H groups in total. The number of aliphatic hydroxyl groups excluding tert-OH is 1. The second-order valence-corrected chi connectivity index (χ2v) is 7.93. The Kier molecular flexibility index (Phi) is 6.29. The summed E-state index contributed by atoms with van der Waals surface area (Å²) in [7, 11) is 0. The average molecular weight is 405 g/mol. The summed E-state index contributed by atoms with van der Waals surface area (Å²) in [4.78, 5) is 19.3. The van der Waals surface area contributed by atoms with Gasteiger partial charge in [-0.15, -0.1) is 0 Å². The number of nitrogens with zero attached hydrogens (tertiary/aromatic N) is 2. The maximum absolute atomic E-state index is 13.2. The van der Waals surface area contributed by atoms with Crippen LogP contribution in [-0.4, -0.2) is 46.7 Å². The largest absolute Gasteiger partial charge is 0.493 e. The van der Waals surface area contributed by atoms with Crippen molar-refractivity contribution < 1.29 is 14.6 Å². The minimum atomic E-state index is -0.547. The lowest BCUT2D eigenvalue weighted by Crippen LogP contribution is -2.30. The highest BCUT2D eigenvalue weighted by atomic mass is 16.5. The van der Waals surface area contributed by atoms with Crippen molar-refractivity contribution in [2.45, 2.75) is 32.3 Å². The van der Waals surface area contributed by atoms with Crippen molar-refractivity contribution in [2.75, 3.05) is 19.7 Å². The second-order valence-electron chi connectivity index (χ2n) is 7.93. The van der Waals surface area contributed by atoms with Crippen LogP contribution in [-0.2, 0) is 6.42 Å². The molecule has 0 aliphatic carbocycles. The lowest BCUT2D eigenvalue weighted by molar-refractivity contribution is 0.0760. The van der Waals surface area contributed by atoms with E-state index in [9.17, 15) is 9.90 Å². The zero-order chi connectivity index (χ0) is 20.9. The van der Waals surface area contributed by atoms with E-state index in [1.165, 1.54) is 0 Å². The molecule has 0 saturated carbocycles. The smallest absolute Gasteiger partial charge is 0.257 e. The van der Waals surface area contributed by atoms with E-state index in [4.69, 9.17) is 4.74 Å². The van der Waals surface area contributed by atoms with Crippen molar-refractivity contribution in [3.63, 3.8) is 0 Å². The number of benzene rings is 2. The molecule has 5 heteroatoms. The van der Waals surface area contributed by atoms with Crippen LogP contribution < -0.4 is 4.74 Å². The molecule has 3 aromatic rings. The Bertz CT molecular complexity index is 1010. The van der Waals surface area contributed by atoms with Gasteiger partial charge in [0.05, 0.1) is 23.8 Å². The lowest BCUT2D eigenvalue weighted by Gasteiger charge is -2.18. The van der Waals surface area contributed by atoms with Gasteiger partial charge in [-0.05, 0) is 42.7 Å². The van der Waals surface area contributed by atoms with Crippen molar-refractivity contribution in [1.82, 2.24) is 9.88 Å². The van der Waals surface area contributed by atoms with E-state index in [2.05, 4.69) is 18.0 Å². The first-order valence-corrected chi connectivity index (χ1v) is 10.7. The predicted molar refractivity (Wildman–Crippen MR) is 118 cm³/mol. The maximum Gasteiger partial charge on any atom is 0.257 e. The number of carbonyl (C=O) groups excluding carboxylic acids is 1. The first kappa shape index (κ1) is 20.4. The normalized spacial score (nSPS) is 18.7. The third-order valence-corrected chi connectivity index (χ3v) is 5.79. The van der Waals surface area contributed by atoms with Gasteiger partial charge in [-0.2, -0.15) is 0 Å². The number of pyridine rings is 1. The summed E-state index contributed by atoms with van der Waals surface area (Å²) in [5.74, 6) is 0.533. The molecule has 0 unspecified atom stereocenters. The molecule has 0 radical (unpaired) electrons. The van der Waals surface area contributed by atoms with Crippen LogP contribution in [0.1, 0.15) is 35.7 Å². The van der Waals surface area contributed by atoms with Crippen LogP contribution in [0.5, 0.6) is 5.75 Å². The third kappa shape index (κ3) is 4.31. The van der Waals surface area contributed by atoms with Crippen molar-refractivity contribution in [2.24, 2.45) is 5.92 Å². The van der Waals surface area contributed by atoms with E-state index < -0.39 is 6.10 Å². The van der Waals surface area contributed by atoms with Gasteiger partial charge in [-0.25, -0.2) is 0 Å². The van der Waals surface area contributed by atoms with Gasteiger partial charge in [0, 0.05) is 30.6 Å². The molecule has 4 rings (SSSR count). The van der Waals surface area contributed by atoms with Crippen LogP contribution in [0.4, 0.5) is 0 Å². The molecule has 0 spiro atoms. The first-order chi connectivity index (χ1) is 14.7. The minimum absolute atomic E-state index is 0.00655. The molecule has 1 amide bonds. The number of likely N-dealkylation sites (tertiary alicyclic amines) is 1. The number of hydrogen-bond acceptors (Lipinski definition) is 4. The average Bonchev–Trinajstić information content (AvgIpc) is 3.14. The molecule has 1 fully saturated rings. The van der Waals surface area contributed by atoms with E-state index >= 15 is 0 Å². The topological polar surface area (TPSA) is 62.7 Å². The quantitative estimate of drug-likeness (QED) is 0.603. The van der Waals surface area contributed by atoms with Gasteiger partial charge in [0.2, 0.25) is 0 Å². The fourth-order valence-corrected chi connectivity index (χ4v) is 4.10. The van der Waals surface area contributed by atoms with Crippen LogP contribution in [0.3, 0.4) is 0 Å². The van der Waals surface area contributed by atoms with Crippen molar-refractivity contribution in [1.29, 1.82) is 0 Å². The summed E-state index contributed by atoms with van der Waals surface area (Å²) in [6.07, 6.45) is 3.97. The fourth-order valence-electron chi connectivity index (χ4n) is 4.10. The summed E-state index contributed by atoms with van der Waals surface area (Å²) >= 11 is 0. The molecule has 1 aromatic heterocycles. The summed E-state index contributed by atoms with van der Waals surface area (Å²) < 4.78 is 5.84. The summed E-state index contributed by atoms with van der Waals surface area (Å²) in [6.45, 7) is 3.58. The molecular weight excluding hydrogens is 376 g/mol. The van der Waals surface area contributed by atoms with Gasteiger partial charge in [0.15, 0.2) is 0 Å². The number of unbranched alkanes of at least 4 members (excludes halogenated alkanes) is 1. The maximum atomic E-state index is 13.2. The summed E-state index contributed by atoms with van der Waals surface area (Å²) in [5, 5.41) is 11.8. The minimum Gasteiger partial charge on any atom is -0.493 e. The number of rotatable bonds is 7. The molecule has 2 aromatic carbocycles. The molecule has 2 atom stereocenters. The van der Waals surface area contributed by atoms with Gasteiger partial charge in [0.1, 0.15) is 5.75 Å². The van der Waals surface area contributed by atoms with Crippen LogP contribution in [0.2, 0.25) is 0 Å². The Morgan fingerprint density at radius 1 is 1.13 bits per heavy atom. The van der Waals surface area contributed by atoms with Gasteiger partial charge >= 0.3 is 0 Å². The highest BCUT2D eigenvalue weighted by Crippen LogP contribution is 2.28. The SMILES string of the molecule is CCCCOc1ccccc1C(=O)N1C[C@@H](Cc2ccnc3ccccc23)[C@H](O)C1. The Morgan fingerprint density at radius 2 is 1.93 bits per heavy atom. The number of carbonyl (C=O) groups is 1. The zero-order valence-electron chi connectivity index (χ0n) is 17.3. The van der Waals surface area contributed by atoms with E-state index in [1.54, 1.807) is 11.0 Å². The Morgan fingerprint density at radius 3 is 2.80 bits per heavy atom. The Labute approximate surface area is 177 Å². The molecule has 0 bridgehead atoms. The number of para-hydroxylation sites is 2. The molecule has 30 heavy (non-hydrogen) atoms. The molecule has 1 aliphatic rings. The zero-order valence-corrected chi connectivity index (χ0v) is 17.3. The predicted octanol–water partition coefficient (Wildman–Crippen LogP) is 4.09. The van der Waals surface area contributed by atoms with Crippen LogP contribution >= 0.6 is 0 Å². The lowest BCUT2D eigenvalue weighted by atomic mass is 9.94. The van der Waals surface area contributed by atoms with E-state index in [1.807, 2.05) is 48.7 Å². The molecule has 1 saturated heterocycles. The summed E-state index contributed by atoms with van der Waals surface area (Å²) in [5.41, 5.74) is 2.67. The van der Waals surface area contributed by atoms with Crippen molar-refractivity contribution >= 4 is 16.8 Å². The standard InChI is InChI=1S/C25H28N2O3/c1-2-3-14-30-24-11-7-5-9-21(24)25(29)27-16-19(23(28)17-27)15-18-12-13-26-22-10-6-4-8-20(18)22/h4-13,19,23,28H,2-3,14-17H2,1H3/t19-,23-/m1/s1. The fraction of sp³-hybridized carbons (Fsp3) is 0.360. The van der Waals surface area contributed by atoms with E-state index in [0.717, 1.165) is 29.3 Å². The third-order valence-electron chi connectivity index (χ3n) is 5.79. The van der Waals surface area contributed by atoms with Crippen LogP contribution in [0, 0.1) is 5.92 Å². The summed E-state index contributed by atoms with van der Waals surface area (Å²) in [6, 6.07) is 17.4. The van der Waals surface area contributed by atoms with E-state index in [0.29, 0.717) is 37.4 Å². The van der Waals surface area contributed by atoms with Gasteiger partial charge in [-0.3, -0.25) is 9.78 Å². The Hall–Kier alpha value is -2.92. The number of aliphatic hydroxyl groups is 1. The number of aromatic nitrogens is 1. The Balaban J connectivity index is 1.48. The van der Waals surface area contributed by atoms with Crippen LogP contribution in [0.25, 0.3) is 10.9 Å². The first-order valence-electron chi connectivity index (χ1n) is 10.7.